The van der Waals surface area contributed by atoms with Gasteiger partial charge in [0.25, 0.3) is 0 Å². The van der Waals surface area contributed by atoms with Crippen LogP contribution in [0.5, 0.6) is 0 Å². The first-order chi connectivity index (χ1) is 13.6. The number of hydrogen-bond donors (Lipinski definition) is 1. The molecule has 1 N–H and O–H groups in total. The van der Waals surface area contributed by atoms with Crippen molar-refractivity contribution in [1.82, 2.24) is 4.98 Å². The van der Waals surface area contributed by atoms with Crippen LogP contribution >= 0.6 is 0 Å². The molecule has 0 aliphatic carbocycles. The predicted octanol–water partition coefficient (Wildman–Crippen LogP) is 5.55. The van der Waals surface area contributed by atoms with Crippen LogP contribution < -0.4 is 4.90 Å². The maximum absolute atomic E-state index is 11.1. The summed E-state index contributed by atoms with van der Waals surface area (Å²) in [7, 11) is 1.76. The van der Waals surface area contributed by atoms with Gasteiger partial charge in [-0.05, 0) is 47.7 Å². The Kier molecular flexibility index (Phi) is 6.64. The summed E-state index contributed by atoms with van der Waals surface area (Å²) < 4.78 is 0. The Morgan fingerprint density at radius 1 is 1.04 bits per heavy atom. The second kappa shape index (κ2) is 9.36. The highest BCUT2D eigenvalue weighted by Crippen LogP contribution is 2.32. The number of rotatable bonds is 9. The highest BCUT2D eigenvalue weighted by molar-refractivity contribution is 5.96. The number of aliphatic carboxylic acids is 1. The van der Waals surface area contributed by atoms with E-state index in [-0.39, 0.29) is 6.54 Å². The number of pyridine rings is 1. The molecule has 0 saturated carbocycles. The van der Waals surface area contributed by atoms with Crippen molar-refractivity contribution in [2.24, 2.45) is 0 Å². The van der Waals surface area contributed by atoms with Crippen molar-refractivity contribution in [2.45, 2.75) is 39.0 Å². The summed E-state index contributed by atoms with van der Waals surface area (Å²) in [6.07, 6.45) is 6.06. The van der Waals surface area contributed by atoms with Crippen LogP contribution in [0.4, 0.5) is 5.82 Å². The molecule has 1 aromatic heterocycles. The molecule has 0 unspecified atom stereocenters. The van der Waals surface area contributed by atoms with E-state index >= 15 is 0 Å². The number of aryl methyl sites for hydroxylation is 1. The standard InChI is InChI=1S/C24H28N2O2/c1-3-4-5-7-10-18-13-14-22-21(15-18)20(19-11-8-6-9-12-19)16-23(25-22)26(2)17-24(27)28/h6,8-9,11-16H,3-5,7,10,17H2,1-2H3,(H,27,28). The molecule has 0 spiro atoms. The van der Waals surface area contributed by atoms with E-state index in [1.807, 2.05) is 24.3 Å². The van der Waals surface area contributed by atoms with Crippen molar-refractivity contribution in [3.63, 3.8) is 0 Å². The van der Waals surface area contributed by atoms with Gasteiger partial charge in [-0.15, -0.1) is 0 Å². The average Bonchev–Trinajstić information content (AvgIpc) is 2.70. The lowest BCUT2D eigenvalue weighted by molar-refractivity contribution is -0.135. The molecular formula is C24H28N2O2. The van der Waals surface area contributed by atoms with Gasteiger partial charge in [-0.3, -0.25) is 4.79 Å². The summed E-state index contributed by atoms with van der Waals surface area (Å²) in [4.78, 5) is 17.5. The Bertz CT molecular complexity index is 938. The monoisotopic (exact) mass is 376 g/mol. The molecule has 28 heavy (non-hydrogen) atoms. The summed E-state index contributed by atoms with van der Waals surface area (Å²) in [5, 5.41) is 10.2. The minimum absolute atomic E-state index is 0.0811. The molecule has 0 saturated heterocycles. The number of anilines is 1. The molecule has 3 aromatic rings. The quantitative estimate of drug-likeness (QED) is 0.498. The van der Waals surface area contributed by atoms with Gasteiger partial charge in [0.2, 0.25) is 0 Å². The van der Waals surface area contributed by atoms with Gasteiger partial charge in [-0.1, -0.05) is 62.6 Å². The van der Waals surface area contributed by atoms with Crippen molar-refractivity contribution in [2.75, 3.05) is 18.5 Å². The van der Waals surface area contributed by atoms with Crippen LogP contribution in [0.15, 0.2) is 54.6 Å². The smallest absolute Gasteiger partial charge is 0.323 e. The third-order valence-electron chi connectivity index (χ3n) is 5.03. The number of fused-ring (bicyclic) bond motifs is 1. The van der Waals surface area contributed by atoms with E-state index in [2.05, 4.69) is 37.3 Å². The number of carboxylic acid groups (broad SMARTS) is 1. The fourth-order valence-electron chi connectivity index (χ4n) is 3.51. The molecule has 0 amide bonds. The van der Waals surface area contributed by atoms with Crippen LogP contribution in [-0.4, -0.2) is 29.7 Å². The molecule has 0 radical (unpaired) electrons. The zero-order chi connectivity index (χ0) is 19.9. The minimum Gasteiger partial charge on any atom is -0.480 e. The van der Waals surface area contributed by atoms with Gasteiger partial charge in [0.15, 0.2) is 0 Å². The molecule has 4 heteroatoms. The number of carbonyl (C=O) groups is 1. The average molecular weight is 377 g/mol. The number of likely N-dealkylation sites (N-methyl/N-ethyl adjacent to an activating group) is 1. The molecule has 1 heterocycles. The van der Waals surface area contributed by atoms with E-state index in [1.165, 1.54) is 31.2 Å². The van der Waals surface area contributed by atoms with E-state index in [0.717, 1.165) is 28.5 Å². The molecule has 2 aromatic carbocycles. The Hall–Kier alpha value is -2.88. The van der Waals surface area contributed by atoms with Crippen molar-refractivity contribution >= 4 is 22.7 Å². The molecule has 0 aliphatic rings. The third-order valence-corrected chi connectivity index (χ3v) is 5.03. The number of carboxylic acids is 1. The first-order valence-corrected chi connectivity index (χ1v) is 10.0. The van der Waals surface area contributed by atoms with E-state index < -0.39 is 5.97 Å². The van der Waals surface area contributed by atoms with Gasteiger partial charge < -0.3 is 10.0 Å². The van der Waals surface area contributed by atoms with E-state index in [4.69, 9.17) is 10.1 Å². The molecule has 0 bridgehead atoms. The van der Waals surface area contributed by atoms with E-state index in [1.54, 1.807) is 11.9 Å². The van der Waals surface area contributed by atoms with Gasteiger partial charge in [0.05, 0.1) is 5.52 Å². The van der Waals surface area contributed by atoms with Crippen LogP contribution in [0.25, 0.3) is 22.0 Å². The topological polar surface area (TPSA) is 53.4 Å². The maximum atomic E-state index is 11.1. The normalized spacial score (nSPS) is 10.9. The van der Waals surface area contributed by atoms with Crippen molar-refractivity contribution in [3.05, 3.63) is 60.2 Å². The number of hydrogen-bond acceptors (Lipinski definition) is 3. The highest BCUT2D eigenvalue weighted by atomic mass is 16.4. The molecule has 146 valence electrons. The summed E-state index contributed by atoms with van der Waals surface area (Å²) in [5.41, 5.74) is 4.43. The summed E-state index contributed by atoms with van der Waals surface area (Å²) in [6, 6.07) is 18.7. The SMILES string of the molecule is CCCCCCc1ccc2nc(N(C)CC(=O)O)cc(-c3ccccc3)c2c1. The van der Waals surface area contributed by atoms with Crippen molar-refractivity contribution < 1.29 is 9.90 Å². The summed E-state index contributed by atoms with van der Waals surface area (Å²) in [6.45, 7) is 2.15. The van der Waals surface area contributed by atoms with Crippen LogP contribution in [0.2, 0.25) is 0 Å². The van der Waals surface area contributed by atoms with E-state index in [9.17, 15) is 4.79 Å². The lowest BCUT2D eigenvalue weighted by Gasteiger charge is -2.18. The van der Waals surface area contributed by atoms with Gasteiger partial charge in [-0.2, -0.15) is 0 Å². The summed E-state index contributed by atoms with van der Waals surface area (Å²) in [5.74, 6) is -0.197. The highest BCUT2D eigenvalue weighted by Gasteiger charge is 2.13. The third kappa shape index (κ3) is 4.89. The maximum Gasteiger partial charge on any atom is 0.323 e. The fourth-order valence-corrected chi connectivity index (χ4v) is 3.51. The van der Waals surface area contributed by atoms with E-state index in [0.29, 0.717) is 5.82 Å². The Balaban J connectivity index is 2.03. The Morgan fingerprint density at radius 3 is 2.54 bits per heavy atom. The fraction of sp³-hybridized carbons (Fsp3) is 0.333. The minimum atomic E-state index is -0.868. The molecule has 4 nitrogen and oxygen atoms in total. The zero-order valence-corrected chi connectivity index (χ0v) is 16.7. The van der Waals surface area contributed by atoms with Gasteiger partial charge in [-0.25, -0.2) is 4.98 Å². The van der Waals surface area contributed by atoms with Crippen LogP contribution in [0.3, 0.4) is 0 Å². The number of aromatic nitrogens is 1. The zero-order valence-electron chi connectivity index (χ0n) is 16.7. The van der Waals surface area contributed by atoms with Crippen LogP contribution in [0.1, 0.15) is 38.2 Å². The van der Waals surface area contributed by atoms with Crippen LogP contribution in [-0.2, 0) is 11.2 Å². The largest absolute Gasteiger partial charge is 0.480 e. The number of benzene rings is 2. The summed E-state index contributed by atoms with van der Waals surface area (Å²) >= 11 is 0. The second-order valence-corrected chi connectivity index (χ2v) is 7.31. The van der Waals surface area contributed by atoms with Gasteiger partial charge in [0.1, 0.15) is 12.4 Å². The molecule has 0 fully saturated rings. The lowest BCUT2D eigenvalue weighted by Crippen LogP contribution is -2.26. The van der Waals surface area contributed by atoms with Gasteiger partial charge >= 0.3 is 5.97 Å². The lowest BCUT2D eigenvalue weighted by atomic mass is 9.97. The Morgan fingerprint density at radius 2 is 1.82 bits per heavy atom. The van der Waals surface area contributed by atoms with Crippen molar-refractivity contribution in [1.29, 1.82) is 0 Å². The number of nitrogens with zero attached hydrogens (tertiary/aromatic N) is 2. The molecule has 3 rings (SSSR count). The molecule has 0 aliphatic heterocycles. The predicted molar refractivity (Wildman–Crippen MR) is 116 cm³/mol. The number of unbranched alkanes of at least 4 members (excludes halogenated alkanes) is 3. The first kappa shape index (κ1) is 19.9. The first-order valence-electron chi connectivity index (χ1n) is 10.0. The molecule has 0 atom stereocenters. The van der Waals surface area contributed by atoms with Crippen molar-refractivity contribution in [3.8, 4) is 11.1 Å². The molecular weight excluding hydrogens is 348 g/mol. The second-order valence-electron chi connectivity index (χ2n) is 7.31. The van der Waals surface area contributed by atoms with Gasteiger partial charge in [0, 0.05) is 12.4 Å². The Labute approximate surface area is 166 Å². The van der Waals surface area contributed by atoms with Crippen LogP contribution in [0, 0.1) is 0 Å².